The highest BCUT2D eigenvalue weighted by molar-refractivity contribution is 6.35. The molecule has 0 atom stereocenters. The summed E-state index contributed by atoms with van der Waals surface area (Å²) in [5, 5.41) is 9.02. The van der Waals surface area contributed by atoms with E-state index in [4.69, 9.17) is 32.7 Å². The Labute approximate surface area is 241 Å². The van der Waals surface area contributed by atoms with Crippen molar-refractivity contribution in [3.8, 4) is 11.5 Å². The molecule has 8 nitrogen and oxygen atoms in total. The first-order valence-corrected chi connectivity index (χ1v) is 12.8. The lowest BCUT2D eigenvalue weighted by atomic mass is 10.2. The number of nitrogens with one attached hydrogen (secondary N) is 2. The lowest BCUT2D eigenvalue weighted by Gasteiger charge is -2.09. The molecule has 4 aromatic carbocycles. The molecule has 0 saturated carbocycles. The van der Waals surface area contributed by atoms with Gasteiger partial charge in [0.25, 0.3) is 0 Å². The minimum atomic E-state index is -0.986. The van der Waals surface area contributed by atoms with Gasteiger partial charge in [-0.25, -0.2) is 10.9 Å². The van der Waals surface area contributed by atoms with Crippen LogP contribution in [0.3, 0.4) is 0 Å². The summed E-state index contributed by atoms with van der Waals surface area (Å²) >= 11 is 11.8. The fourth-order valence-corrected chi connectivity index (χ4v) is 3.60. The van der Waals surface area contributed by atoms with Crippen molar-refractivity contribution in [2.45, 2.75) is 13.2 Å². The highest BCUT2D eigenvalue weighted by Crippen LogP contribution is 2.19. The molecule has 2 N–H and O–H groups in total. The minimum absolute atomic E-state index is 0.323. The van der Waals surface area contributed by atoms with E-state index in [1.54, 1.807) is 60.7 Å². The highest BCUT2D eigenvalue weighted by Gasteiger charge is 2.12. The van der Waals surface area contributed by atoms with Crippen molar-refractivity contribution in [1.82, 2.24) is 10.9 Å². The van der Waals surface area contributed by atoms with Crippen molar-refractivity contribution >= 4 is 47.4 Å². The Morgan fingerprint density at radius 1 is 0.600 bits per heavy atom. The summed E-state index contributed by atoms with van der Waals surface area (Å²) in [6.45, 7) is 0.647. The third-order valence-electron chi connectivity index (χ3n) is 5.40. The molecule has 0 saturated heterocycles. The summed E-state index contributed by atoms with van der Waals surface area (Å²) in [5.74, 6) is -0.858. The number of rotatable bonds is 10. The molecule has 0 aliphatic rings. The largest absolute Gasteiger partial charge is 0.488 e. The number of para-hydroxylation sites is 2. The molecule has 0 fully saturated rings. The quantitative estimate of drug-likeness (QED) is 0.143. The lowest BCUT2D eigenvalue weighted by Crippen LogP contribution is -2.35. The van der Waals surface area contributed by atoms with Crippen LogP contribution in [0.1, 0.15) is 22.3 Å². The van der Waals surface area contributed by atoms with Gasteiger partial charge in [-0.1, -0.05) is 71.7 Å². The van der Waals surface area contributed by atoms with Gasteiger partial charge in [0.15, 0.2) is 0 Å². The van der Waals surface area contributed by atoms with E-state index in [0.29, 0.717) is 45.9 Å². The summed E-state index contributed by atoms with van der Waals surface area (Å²) in [6, 6.07) is 28.9. The van der Waals surface area contributed by atoms with Crippen molar-refractivity contribution < 1.29 is 19.1 Å². The van der Waals surface area contributed by atoms with Crippen LogP contribution in [0.2, 0.25) is 10.0 Å². The van der Waals surface area contributed by atoms with Crippen LogP contribution in [0.25, 0.3) is 0 Å². The van der Waals surface area contributed by atoms with Crippen LogP contribution < -0.4 is 20.3 Å². The van der Waals surface area contributed by atoms with Gasteiger partial charge < -0.3 is 9.47 Å². The van der Waals surface area contributed by atoms with E-state index >= 15 is 0 Å². The van der Waals surface area contributed by atoms with Crippen molar-refractivity contribution in [3.05, 3.63) is 129 Å². The molecule has 0 radical (unpaired) electrons. The maximum atomic E-state index is 12.2. The third kappa shape index (κ3) is 8.69. The van der Waals surface area contributed by atoms with Crippen LogP contribution in [0.4, 0.5) is 0 Å². The predicted octanol–water partition coefficient (Wildman–Crippen LogP) is 5.75. The zero-order valence-corrected chi connectivity index (χ0v) is 22.6. The molecule has 0 aromatic heterocycles. The second kappa shape index (κ2) is 14.5. The molecule has 0 heterocycles. The number of halogens is 2. The molecular formula is C30H24Cl2N4O4. The fraction of sp³-hybridized carbons (Fsp3) is 0.0667. The number of hydrogen-bond donors (Lipinski definition) is 2. The molecule has 0 spiro atoms. The van der Waals surface area contributed by atoms with Gasteiger partial charge in [-0.2, -0.15) is 10.2 Å². The van der Waals surface area contributed by atoms with E-state index in [1.165, 1.54) is 12.4 Å². The Kier molecular flexibility index (Phi) is 10.3. The Bertz CT molecular complexity index is 1390. The van der Waals surface area contributed by atoms with Gasteiger partial charge in [0.05, 0.1) is 12.4 Å². The lowest BCUT2D eigenvalue weighted by molar-refractivity contribution is -0.139. The molecule has 4 rings (SSSR count). The highest BCUT2D eigenvalue weighted by atomic mass is 35.5. The number of hydrogen-bond acceptors (Lipinski definition) is 6. The Morgan fingerprint density at radius 2 is 0.975 bits per heavy atom. The van der Waals surface area contributed by atoms with E-state index < -0.39 is 11.8 Å². The molecule has 40 heavy (non-hydrogen) atoms. The SMILES string of the molecule is O=C(N/N=C\c1ccccc1OCc1ccc(Cl)cc1)C(=O)N/N=C\c1ccccc1OCc1ccc(Cl)cc1. The monoisotopic (exact) mass is 574 g/mol. The molecule has 10 heteroatoms. The van der Waals surface area contributed by atoms with E-state index in [0.717, 1.165) is 11.1 Å². The molecule has 0 bridgehead atoms. The number of carbonyl (C=O) groups is 2. The summed E-state index contributed by atoms with van der Waals surface area (Å²) in [5.41, 5.74) is 7.48. The smallest absolute Gasteiger partial charge is 0.331 e. The first-order chi connectivity index (χ1) is 19.5. The van der Waals surface area contributed by atoms with E-state index in [2.05, 4.69) is 21.1 Å². The Morgan fingerprint density at radius 3 is 1.38 bits per heavy atom. The van der Waals surface area contributed by atoms with Crippen molar-refractivity contribution in [2.24, 2.45) is 10.2 Å². The summed E-state index contributed by atoms with van der Waals surface area (Å²) in [7, 11) is 0. The maximum Gasteiger partial charge on any atom is 0.331 e. The molecule has 202 valence electrons. The molecular weight excluding hydrogens is 551 g/mol. The topological polar surface area (TPSA) is 101 Å². The van der Waals surface area contributed by atoms with Crippen LogP contribution in [0, 0.1) is 0 Å². The molecule has 4 aromatic rings. The maximum absolute atomic E-state index is 12.2. The van der Waals surface area contributed by atoms with Crippen LogP contribution in [-0.2, 0) is 22.8 Å². The van der Waals surface area contributed by atoms with Gasteiger partial charge in [0.1, 0.15) is 24.7 Å². The molecule has 0 aliphatic heterocycles. The predicted molar refractivity (Wildman–Crippen MR) is 156 cm³/mol. The number of hydrazone groups is 2. The van der Waals surface area contributed by atoms with Crippen molar-refractivity contribution in [1.29, 1.82) is 0 Å². The summed E-state index contributed by atoms with van der Waals surface area (Å²) in [4.78, 5) is 24.3. The van der Waals surface area contributed by atoms with Gasteiger partial charge in [0.2, 0.25) is 0 Å². The van der Waals surface area contributed by atoms with Crippen LogP contribution in [0.5, 0.6) is 11.5 Å². The summed E-state index contributed by atoms with van der Waals surface area (Å²) < 4.78 is 11.7. The first kappa shape index (κ1) is 28.4. The number of amides is 2. The fourth-order valence-electron chi connectivity index (χ4n) is 3.34. The second-order valence-electron chi connectivity index (χ2n) is 8.30. The van der Waals surface area contributed by atoms with E-state index in [-0.39, 0.29) is 0 Å². The number of nitrogens with zero attached hydrogens (tertiary/aromatic N) is 2. The summed E-state index contributed by atoms with van der Waals surface area (Å²) in [6.07, 6.45) is 2.78. The number of carbonyl (C=O) groups excluding carboxylic acids is 2. The van der Waals surface area contributed by atoms with Gasteiger partial charge in [0, 0.05) is 21.2 Å². The molecule has 2 amide bonds. The number of ether oxygens (including phenoxy) is 2. The van der Waals surface area contributed by atoms with Crippen LogP contribution in [0.15, 0.2) is 107 Å². The van der Waals surface area contributed by atoms with Crippen molar-refractivity contribution in [2.75, 3.05) is 0 Å². The zero-order valence-electron chi connectivity index (χ0n) is 21.1. The number of benzene rings is 4. The Balaban J connectivity index is 1.27. The van der Waals surface area contributed by atoms with E-state index in [9.17, 15) is 9.59 Å². The molecule has 0 unspecified atom stereocenters. The van der Waals surface area contributed by atoms with Gasteiger partial charge in [-0.15, -0.1) is 0 Å². The molecule has 0 aliphatic carbocycles. The normalized spacial score (nSPS) is 10.9. The minimum Gasteiger partial charge on any atom is -0.488 e. The first-order valence-electron chi connectivity index (χ1n) is 12.1. The van der Waals surface area contributed by atoms with Gasteiger partial charge in [-0.05, 0) is 59.7 Å². The average molecular weight is 575 g/mol. The second-order valence-corrected chi connectivity index (χ2v) is 9.18. The van der Waals surface area contributed by atoms with E-state index in [1.807, 2.05) is 36.4 Å². The van der Waals surface area contributed by atoms with Gasteiger partial charge >= 0.3 is 11.8 Å². The van der Waals surface area contributed by atoms with Crippen LogP contribution >= 0.6 is 23.2 Å². The standard InChI is InChI=1S/C30H24Cl2N4O4/c31-25-13-9-21(10-14-25)19-39-27-7-3-1-5-23(27)17-33-35-29(37)30(38)36-34-18-24-6-2-4-8-28(24)40-20-22-11-15-26(32)16-12-22/h1-18H,19-20H2,(H,35,37)(H,36,38)/b33-17-,34-18-. The third-order valence-corrected chi connectivity index (χ3v) is 5.90. The van der Waals surface area contributed by atoms with Gasteiger partial charge in [-0.3, -0.25) is 9.59 Å². The van der Waals surface area contributed by atoms with Crippen LogP contribution in [-0.4, -0.2) is 24.2 Å². The van der Waals surface area contributed by atoms with Crippen molar-refractivity contribution in [3.63, 3.8) is 0 Å². The zero-order chi connectivity index (χ0) is 28.2. The average Bonchev–Trinajstić information content (AvgIpc) is 2.97. The Hall–Kier alpha value is -4.66.